The van der Waals surface area contributed by atoms with Crippen molar-refractivity contribution in [3.63, 3.8) is 0 Å². The summed E-state index contributed by atoms with van der Waals surface area (Å²) in [6.07, 6.45) is 11.8. The highest BCUT2D eigenvalue weighted by Gasteiger charge is 2.16. The van der Waals surface area contributed by atoms with E-state index in [1.807, 2.05) is 24.3 Å². The van der Waals surface area contributed by atoms with Gasteiger partial charge in [-0.2, -0.15) is 0 Å². The molecular formula is C25H30F2. The minimum atomic E-state index is -0.734. The van der Waals surface area contributed by atoms with Crippen molar-refractivity contribution in [1.82, 2.24) is 0 Å². The molecule has 1 saturated carbocycles. The molecule has 0 unspecified atom stereocenters. The van der Waals surface area contributed by atoms with Gasteiger partial charge in [0.1, 0.15) is 0 Å². The average Bonchev–Trinajstić information content (AvgIpc) is 2.70. The fourth-order valence-corrected chi connectivity index (χ4v) is 3.93. The van der Waals surface area contributed by atoms with Gasteiger partial charge in [-0.1, -0.05) is 75.2 Å². The highest BCUT2D eigenvalue weighted by atomic mass is 19.2. The molecule has 2 aromatic carbocycles. The number of aryl methyl sites for hydroxylation is 2. The molecular weight excluding hydrogens is 338 g/mol. The minimum absolute atomic E-state index is 0.339. The van der Waals surface area contributed by atoms with Crippen molar-refractivity contribution >= 4 is 0 Å². The van der Waals surface area contributed by atoms with Crippen LogP contribution in [0.3, 0.4) is 0 Å². The molecule has 0 aliphatic heterocycles. The van der Waals surface area contributed by atoms with Crippen molar-refractivity contribution in [3.8, 4) is 11.1 Å². The Labute approximate surface area is 162 Å². The first-order chi connectivity index (χ1) is 13.1. The zero-order valence-electron chi connectivity index (χ0n) is 16.5. The third-order valence-corrected chi connectivity index (χ3v) is 5.88. The molecule has 3 rings (SSSR count). The Morgan fingerprint density at radius 1 is 0.926 bits per heavy atom. The number of hydrogen-bond acceptors (Lipinski definition) is 0. The Kier molecular flexibility index (Phi) is 6.82. The number of halogens is 2. The van der Waals surface area contributed by atoms with Crippen molar-refractivity contribution in [2.24, 2.45) is 11.8 Å². The lowest BCUT2D eigenvalue weighted by molar-refractivity contribution is 0.330. The molecule has 0 spiro atoms. The number of hydrogen-bond donors (Lipinski definition) is 0. The van der Waals surface area contributed by atoms with Crippen LogP contribution >= 0.6 is 0 Å². The van der Waals surface area contributed by atoms with Crippen molar-refractivity contribution < 1.29 is 8.78 Å². The van der Waals surface area contributed by atoms with E-state index in [-0.39, 0.29) is 0 Å². The smallest absolute Gasteiger partial charge is 0.166 e. The van der Waals surface area contributed by atoms with E-state index < -0.39 is 11.6 Å². The van der Waals surface area contributed by atoms with Crippen LogP contribution in [0.4, 0.5) is 8.78 Å². The fraction of sp³-hybridized carbons (Fsp3) is 0.440. The monoisotopic (exact) mass is 368 g/mol. The van der Waals surface area contributed by atoms with E-state index in [0.29, 0.717) is 23.5 Å². The van der Waals surface area contributed by atoms with E-state index >= 15 is 0 Å². The standard InChI is InChI=1S/C25H30F2/c1-3-19-12-14-21(15-13-19)23-17-16-22(24(26)25(23)27)7-5-4-6-20-10-8-18(2)9-11-20/h4,6,12-18,20H,3,5,7-11H2,1-2H3/b6-4+. The summed E-state index contributed by atoms with van der Waals surface area (Å²) in [6, 6.07) is 11.1. The zero-order valence-corrected chi connectivity index (χ0v) is 16.5. The Morgan fingerprint density at radius 3 is 2.30 bits per heavy atom. The molecule has 0 radical (unpaired) electrons. The molecule has 0 nitrogen and oxygen atoms in total. The summed E-state index contributed by atoms with van der Waals surface area (Å²) >= 11 is 0. The molecule has 1 aliphatic carbocycles. The van der Waals surface area contributed by atoms with Crippen LogP contribution in [0.2, 0.25) is 0 Å². The lowest BCUT2D eigenvalue weighted by atomic mass is 9.83. The van der Waals surface area contributed by atoms with Crippen LogP contribution in [-0.4, -0.2) is 0 Å². The van der Waals surface area contributed by atoms with Crippen LogP contribution in [0.5, 0.6) is 0 Å². The molecule has 1 fully saturated rings. The van der Waals surface area contributed by atoms with Gasteiger partial charge >= 0.3 is 0 Å². The zero-order chi connectivity index (χ0) is 19.2. The van der Waals surface area contributed by atoms with Crippen LogP contribution < -0.4 is 0 Å². The van der Waals surface area contributed by atoms with Gasteiger partial charge in [0.15, 0.2) is 11.6 Å². The Hall–Kier alpha value is -1.96. The van der Waals surface area contributed by atoms with Gasteiger partial charge in [0.2, 0.25) is 0 Å². The largest absolute Gasteiger partial charge is 0.203 e. The van der Waals surface area contributed by atoms with Gasteiger partial charge in [-0.05, 0) is 60.6 Å². The van der Waals surface area contributed by atoms with Gasteiger partial charge in [0, 0.05) is 5.56 Å². The SMILES string of the molecule is CCc1ccc(-c2ccc(CC/C=C/C3CCC(C)CC3)c(F)c2F)cc1. The fourth-order valence-electron chi connectivity index (χ4n) is 3.93. The van der Waals surface area contributed by atoms with E-state index in [2.05, 4.69) is 26.0 Å². The topological polar surface area (TPSA) is 0 Å². The molecule has 0 atom stereocenters. The first kappa shape index (κ1) is 19.8. The van der Waals surface area contributed by atoms with Gasteiger partial charge < -0.3 is 0 Å². The molecule has 0 amide bonds. The summed E-state index contributed by atoms with van der Waals surface area (Å²) < 4.78 is 29.1. The summed E-state index contributed by atoms with van der Waals surface area (Å²) in [4.78, 5) is 0. The van der Waals surface area contributed by atoms with Gasteiger partial charge in [-0.15, -0.1) is 0 Å². The van der Waals surface area contributed by atoms with Crippen molar-refractivity contribution in [1.29, 1.82) is 0 Å². The van der Waals surface area contributed by atoms with Gasteiger partial charge in [0.05, 0.1) is 0 Å². The Bertz CT molecular complexity index is 766. The first-order valence-corrected chi connectivity index (χ1v) is 10.3. The Balaban J connectivity index is 1.62. The van der Waals surface area contributed by atoms with Crippen LogP contribution in [0, 0.1) is 23.5 Å². The van der Waals surface area contributed by atoms with Crippen LogP contribution in [0.1, 0.15) is 57.1 Å². The van der Waals surface area contributed by atoms with Crippen molar-refractivity contribution in [2.75, 3.05) is 0 Å². The number of rotatable bonds is 6. The van der Waals surface area contributed by atoms with Gasteiger partial charge in [-0.3, -0.25) is 0 Å². The lowest BCUT2D eigenvalue weighted by Gasteiger charge is -2.23. The molecule has 0 bridgehead atoms. The lowest BCUT2D eigenvalue weighted by Crippen LogP contribution is -2.09. The van der Waals surface area contributed by atoms with Crippen LogP contribution in [0.15, 0.2) is 48.6 Å². The van der Waals surface area contributed by atoms with E-state index in [1.54, 1.807) is 12.1 Å². The maximum absolute atomic E-state index is 14.6. The third kappa shape index (κ3) is 5.06. The van der Waals surface area contributed by atoms with Crippen molar-refractivity contribution in [2.45, 2.75) is 58.8 Å². The molecule has 0 saturated heterocycles. The maximum atomic E-state index is 14.6. The molecule has 2 heteroatoms. The summed E-state index contributed by atoms with van der Waals surface area (Å²) in [5.41, 5.74) is 2.71. The second-order valence-corrected chi connectivity index (χ2v) is 7.94. The molecule has 144 valence electrons. The predicted octanol–water partition coefficient (Wildman–Crippen LogP) is 7.51. The highest BCUT2D eigenvalue weighted by Crippen LogP contribution is 2.30. The normalized spacial score (nSPS) is 20.3. The summed E-state index contributed by atoms with van der Waals surface area (Å²) in [6.45, 7) is 4.40. The van der Waals surface area contributed by atoms with Crippen molar-refractivity contribution in [3.05, 3.63) is 71.3 Å². The predicted molar refractivity (Wildman–Crippen MR) is 110 cm³/mol. The second kappa shape index (κ2) is 9.30. The maximum Gasteiger partial charge on any atom is 0.166 e. The van der Waals surface area contributed by atoms with Crippen LogP contribution in [-0.2, 0) is 12.8 Å². The van der Waals surface area contributed by atoms with E-state index in [0.717, 1.165) is 24.3 Å². The molecule has 2 aromatic rings. The third-order valence-electron chi connectivity index (χ3n) is 5.88. The molecule has 27 heavy (non-hydrogen) atoms. The second-order valence-electron chi connectivity index (χ2n) is 7.94. The summed E-state index contributed by atoms with van der Waals surface area (Å²) in [5, 5.41) is 0. The molecule has 1 aliphatic rings. The van der Waals surface area contributed by atoms with Gasteiger partial charge in [0.25, 0.3) is 0 Å². The molecule has 0 N–H and O–H groups in total. The van der Waals surface area contributed by atoms with Gasteiger partial charge in [-0.25, -0.2) is 8.78 Å². The minimum Gasteiger partial charge on any atom is -0.203 e. The van der Waals surface area contributed by atoms with Crippen LogP contribution in [0.25, 0.3) is 11.1 Å². The first-order valence-electron chi connectivity index (χ1n) is 10.3. The quantitative estimate of drug-likeness (QED) is 0.463. The summed E-state index contributed by atoms with van der Waals surface area (Å²) in [7, 11) is 0. The average molecular weight is 369 g/mol. The highest BCUT2D eigenvalue weighted by molar-refractivity contribution is 5.65. The number of allylic oxidation sites excluding steroid dienone is 2. The number of benzene rings is 2. The van der Waals surface area contributed by atoms with E-state index in [9.17, 15) is 8.78 Å². The molecule has 0 aromatic heterocycles. The van der Waals surface area contributed by atoms with E-state index in [4.69, 9.17) is 0 Å². The molecule has 0 heterocycles. The Morgan fingerprint density at radius 2 is 1.63 bits per heavy atom. The van der Waals surface area contributed by atoms with E-state index in [1.165, 1.54) is 31.2 Å². The summed E-state index contributed by atoms with van der Waals surface area (Å²) in [5.74, 6) is 0.0774.